The number of rotatable bonds is 3. The standard InChI is InChI=1S/C19H16Cl2N2O2S/c1-11(13-7-6-12(20)10-14(13)21)22-18(25)19-9-8-17(24)23(19)15-4-2-3-5-16(15)26-19/h2-7,10-11H,8-9H2,1H3,(H,22,25)/t11-,19-/m1/s1. The number of carbonyl (C=O) groups is 2. The van der Waals surface area contributed by atoms with Crippen LogP contribution >= 0.6 is 35.0 Å². The van der Waals surface area contributed by atoms with Crippen LogP contribution in [0.2, 0.25) is 10.0 Å². The number of hydrogen-bond acceptors (Lipinski definition) is 3. The molecule has 0 aromatic heterocycles. The van der Waals surface area contributed by atoms with E-state index in [1.54, 1.807) is 23.1 Å². The molecule has 0 aliphatic carbocycles. The summed E-state index contributed by atoms with van der Waals surface area (Å²) < 4.78 is 0. The molecule has 0 spiro atoms. The number of thioether (sulfide) groups is 1. The number of carbonyl (C=O) groups excluding carboxylic acids is 2. The van der Waals surface area contributed by atoms with Crippen molar-refractivity contribution in [3.05, 3.63) is 58.1 Å². The largest absolute Gasteiger partial charge is 0.347 e. The monoisotopic (exact) mass is 406 g/mol. The molecule has 4 nitrogen and oxygen atoms in total. The van der Waals surface area contributed by atoms with Crippen molar-refractivity contribution < 1.29 is 9.59 Å². The lowest BCUT2D eigenvalue weighted by Gasteiger charge is -2.31. The zero-order valence-corrected chi connectivity index (χ0v) is 16.3. The van der Waals surface area contributed by atoms with Crippen molar-refractivity contribution >= 4 is 52.5 Å². The molecule has 1 saturated heterocycles. The number of para-hydroxylation sites is 1. The van der Waals surface area contributed by atoms with Gasteiger partial charge in [-0.15, -0.1) is 0 Å². The molecular weight excluding hydrogens is 391 g/mol. The molecule has 4 rings (SSSR count). The Hall–Kier alpha value is -1.69. The third kappa shape index (κ3) is 2.70. The third-order valence-corrected chi connectivity index (χ3v) is 6.84. The fourth-order valence-electron chi connectivity index (χ4n) is 3.54. The predicted molar refractivity (Wildman–Crippen MR) is 105 cm³/mol. The number of amides is 2. The van der Waals surface area contributed by atoms with E-state index in [4.69, 9.17) is 23.2 Å². The summed E-state index contributed by atoms with van der Waals surface area (Å²) in [6.07, 6.45) is 0.850. The number of halogens is 2. The Labute approximate surface area is 165 Å². The molecule has 2 heterocycles. The molecule has 0 unspecified atom stereocenters. The van der Waals surface area contributed by atoms with Gasteiger partial charge in [-0.2, -0.15) is 0 Å². The van der Waals surface area contributed by atoms with Crippen molar-refractivity contribution in [2.45, 2.75) is 35.6 Å². The molecule has 26 heavy (non-hydrogen) atoms. The Balaban J connectivity index is 1.63. The van der Waals surface area contributed by atoms with Crippen molar-refractivity contribution in [3.63, 3.8) is 0 Å². The van der Waals surface area contributed by atoms with E-state index >= 15 is 0 Å². The quantitative estimate of drug-likeness (QED) is 0.795. The van der Waals surface area contributed by atoms with Crippen LogP contribution in [0.15, 0.2) is 47.4 Å². The lowest BCUT2D eigenvalue weighted by molar-refractivity contribution is -0.125. The number of benzene rings is 2. The first-order chi connectivity index (χ1) is 12.4. The number of nitrogens with zero attached hydrogens (tertiary/aromatic N) is 1. The summed E-state index contributed by atoms with van der Waals surface area (Å²) in [5.41, 5.74) is 1.60. The second kappa shape index (κ2) is 6.48. The van der Waals surface area contributed by atoms with Gasteiger partial charge in [0.2, 0.25) is 5.91 Å². The third-order valence-electron chi connectivity index (χ3n) is 4.80. The van der Waals surface area contributed by atoms with E-state index in [-0.39, 0.29) is 17.9 Å². The van der Waals surface area contributed by atoms with Gasteiger partial charge in [0.1, 0.15) is 0 Å². The van der Waals surface area contributed by atoms with Gasteiger partial charge in [-0.3, -0.25) is 14.5 Å². The summed E-state index contributed by atoms with van der Waals surface area (Å²) in [5.74, 6) is -0.196. The van der Waals surface area contributed by atoms with Crippen molar-refractivity contribution in [1.29, 1.82) is 0 Å². The minimum Gasteiger partial charge on any atom is -0.347 e. The predicted octanol–water partition coefficient (Wildman–Crippen LogP) is 4.80. The summed E-state index contributed by atoms with van der Waals surface area (Å²) in [4.78, 5) is 27.4. The van der Waals surface area contributed by atoms with Crippen molar-refractivity contribution in [1.82, 2.24) is 5.32 Å². The fourth-order valence-corrected chi connectivity index (χ4v) is 5.53. The Morgan fingerprint density at radius 3 is 2.81 bits per heavy atom. The van der Waals surface area contributed by atoms with Gasteiger partial charge in [-0.05, 0) is 43.2 Å². The maximum atomic E-state index is 13.2. The van der Waals surface area contributed by atoms with E-state index in [9.17, 15) is 9.59 Å². The highest BCUT2D eigenvalue weighted by molar-refractivity contribution is 8.02. The average molecular weight is 407 g/mol. The van der Waals surface area contributed by atoms with Crippen LogP contribution in [-0.2, 0) is 9.59 Å². The summed E-state index contributed by atoms with van der Waals surface area (Å²) in [6.45, 7) is 1.87. The van der Waals surface area contributed by atoms with Crippen LogP contribution in [0.1, 0.15) is 31.4 Å². The minimum absolute atomic E-state index is 0.0187. The Bertz CT molecular complexity index is 920. The lowest BCUT2D eigenvalue weighted by Crippen LogP contribution is -2.52. The first kappa shape index (κ1) is 17.7. The number of hydrogen-bond donors (Lipinski definition) is 1. The Morgan fingerprint density at radius 2 is 2.04 bits per heavy atom. The maximum absolute atomic E-state index is 13.2. The van der Waals surface area contributed by atoms with E-state index in [2.05, 4.69) is 5.32 Å². The van der Waals surface area contributed by atoms with Crippen LogP contribution in [0.5, 0.6) is 0 Å². The second-order valence-corrected chi connectivity index (χ2v) is 8.61. The molecule has 2 aliphatic rings. The highest BCUT2D eigenvalue weighted by Gasteiger charge is 2.57. The van der Waals surface area contributed by atoms with Crippen LogP contribution in [-0.4, -0.2) is 16.7 Å². The smallest absolute Gasteiger partial charge is 0.257 e. The zero-order valence-electron chi connectivity index (χ0n) is 14.0. The van der Waals surface area contributed by atoms with E-state index in [1.165, 1.54) is 11.8 Å². The van der Waals surface area contributed by atoms with Gasteiger partial charge in [0.25, 0.3) is 5.91 Å². The molecule has 2 atom stereocenters. The molecule has 2 amide bonds. The second-order valence-electron chi connectivity index (χ2n) is 6.44. The zero-order chi connectivity index (χ0) is 18.5. The topological polar surface area (TPSA) is 49.4 Å². The first-order valence-electron chi connectivity index (χ1n) is 8.29. The van der Waals surface area contributed by atoms with Gasteiger partial charge in [-0.1, -0.05) is 53.2 Å². The molecule has 1 fully saturated rings. The first-order valence-corrected chi connectivity index (χ1v) is 9.86. The van der Waals surface area contributed by atoms with Crippen LogP contribution < -0.4 is 10.2 Å². The van der Waals surface area contributed by atoms with Gasteiger partial charge >= 0.3 is 0 Å². The minimum atomic E-state index is -0.923. The Morgan fingerprint density at radius 1 is 1.27 bits per heavy atom. The van der Waals surface area contributed by atoms with E-state index in [0.717, 1.165) is 16.1 Å². The summed E-state index contributed by atoms with van der Waals surface area (Å²) >= 11 is 13.7. The highest BCUT2D eigenvalue weighted by atomic mass is 35.5. The maximum Gasteiger partial charge on any atom is 0.257 e. The molecule has 0 radical (unpaired) electrons. The number of anilines is 1. The Kier molecular flexibility index (Phi) is 4.41. The molecular formula is C19H16Cl2N2O2S. The van der Waals surface area contributed by atoms with Crippen LogP contribution in [0.25, 0.3) is 0 Å². The van der Waals surface area contributed by atoms with Gasteiger partial charge in [-0.25, -0.2) is 0 Å². The molecule has 1 N–H and O–H groups in total. The molecule has 134 valence electrons. The van der Waals surface area contributed by atoms with Crippen LogP contribution in [0.3, 0.4) is 0 Å². The number of fused-ring (bicyclic) bond motifs is 3. The lowest BCUT2D eigenvalue weighted by atomic mass is 10.1. The van der Waals surface area contributed by atoms with Crippen molar-refractivity contribution in [2.75, 3.05) is 4.90 Å². The molecule has 2 aromatic rings. The molecule has 2 aliphatic heterocycles. The van der Waals surface area contributed by atoms with Gasteiger partial charge in [0.05, 0.1) is 11.7 Å². The van der Waals surface area contributed by atoms with Gasteiger partial charge < -0.3 is 5.32 Å². The van der Waals surface area contributed by atoms with Crippen molar-refractivity contribution in [3.8, 4) is 0 Å². The summed E-state index contributed by atoms with van der Waals surface area (Å²) in [6, 6.07) is 12.5. The summed E-state index contributed by atoms with van der Waals surface area (Å²) in [7, 11) is 0. The normalized spacial score (nSPS) is 22.1. The van der Waals surface area contributed by atoms with E-state index in [0.29, 0.717) is 22.9 Å². The molecule has 7 heteroatoms. The van der Waals surface area contributed by atoms with Crippen LogP contribution in [0.4, 0.5) is 5.69 Å². The number of nitrogens with one attached hydrogen (secondary N) is 1. The van der Waals surface area contributed by atoms with Gasteiger partial charge in [0.15, 0.2) is 4.87 Å². The molecule has 0 bridgehead atoms. The van der Waals surface area contributed by atoms with Crippen molar-refractivity contribution in [2.24, 2.45) is 0 Å². The molecule has 2 aromatic carbocycles. The summed E-state index contributed by atoms with van der Waals surface area (Å²) in [5, 5.41) is 4.09. The van der Waals surface area contributed by atoms with Gasteiger partial charge in [0, 0.05) is 21.4 Å². The SMILES string of the molecule is C[C@@H](NC(=O)[C@]12CCC(=O)N1c1ccccc1S2)c1ccc(Cl)cc1Cl. The van der Waals surface area contributed by atoms with E-state index in [1.807, 2.05) is 31.2 Å². The van der Waals surface area contributed by atoms with E-state index < -0.39 is 4.87 Å². The molecule has 0 saturated carbocycles. The van der Waals surface area contributed by atoms with Crippen LogP contribution in [0, 0.1) is 0 Å². The highest BCUT2D eigenvalue weighted by Crippen LogP contribution is 2.55. The average Bonchev–Trinajstić information content (AvgIpc) is 3.11. The fraction of sp³-hybridized carbons (Fsp3) is 0.263.